The quantitative estimate of drug-likeness (QED) is 0.0224. The number of sulfonamides is 1. The molecule has 3 rings (SSSR count). The molecule has 0 bridgehead atoms. The van der Waals surface area contributed by atoms with E-state index < -0.39 is 183 Å². The van der Waals surface area contributed by atoms with Crippen molar-refractivity contribution in [3.8, 4) is 0 Å². The second-order valence-corrected chi connectivity index (χ2v) is 23.5. The largest absolute Gasteiger partial charge is 0.469 e. The van der Waals surface area contributed by atoms with Crippen LogP contribution >= 0.6 is 0 Å². The average molecular weight is 1470 g/mol. The van der Waals surface area contributed by atoms with Gasteiger partial charge in [0.15, 0.2) is 29.2 Å². The van der Waals surface area contributed by atoms with Gasteiger partial charge in [-0.05, 0) is 87.0 Å². The van der Waals surface area contributed by atoms with Crippen molar-refractivity contribution >= 4 is 39.6 Å². The predicted octanol–water partition coefficient (Wildman–Crippen LogP) is 17.2. The monoisotopic (exact) mass is 1470 g/mol. The Kier molecular flexibility index (Phi) is 27.6. The van der Waals surface area contributed by atoms with Gasteiger partial charge in [-0.2, -0.15) is 101 Å². The molecule has 0 aliphatic rings. The van der Waals surface area contributed by atoms with Crippen LogP contribution in [0, 0.1) is 65.1 Å². The smallest absolute Gasteiger partial charge is 0.460 e. The van der Waals surface area contributed by atoms with Crippen LogP contribution in [-0.2, 0) is 48.1 Å². The highest BCUT2D eigenvalue weighted by molar-refractivity contribution is 7.92. The number of nitrogens with one attached hydrogen (secondary N) is 1. The zero-order chi connectivity index (χ0) is 75.1. The highest BCUT2D eigenvalue weighted by Crippen LogP contribution is 2.64. The lowest BCUT2D eigenvalue weighted by molar-refractivity contribution is -0.461. The lowest BCUT2D eigenvalue weighted by Crippen LogP contribution is -2.74. The van der Waals surface area contributed by atoms with Crippen LogP contribution in [0.1, 0.15) is 108 Å². The average Bonchev–Trinajstić information content (AvgIpc) is 0.698. The van der Waals surface area contributed by atoms with Crippen molar-refractivity contribution in [3.63, 3.8) is 0 Å². The van der Waals surface area contributed by atoms with E-state index in [0.717, 1.165) is 23.8 Å². The fourth-order valence-electron chi connectivity index (χ4n) is 9.45. The molecule has 0 fully saturated rings. The van der Waals surface area contributed by atoms with Crippen molar-refractivity contribution in [3.05, 3.63) is 94.3 Å². The second-order valence-electron chi connectivity index (χ2n) is 21.8. The van der Waals surface area contributed by atoms with E-state index in [2.05, 4.69) is 40.7 Å². The molecule has 0 radical (unpaired) electrons. The molecule has 0 spiro atoms. The Morgan fingerprint density at radius 1 is 0.479 bits per heavy atom. The first kappa shape index (κ1) is 85.4. The van der Waals surface area contributed by atoms with E-state index in [4.69, 9.17) is 9.47 Å². The molecular weight excluding hydrogens is 1410 g/mol. The Balaban J connectivity index is 0.00000114. The number of carbonyl (C=O) groups is 4. The Morgan fingerprint density at radius 2 is 0.844 bits per heavy atom. The fourth-order valence-corrected chi connectivity index (χ4v) is 10.5. The summed E-state index contributed by atoms with van der Waals surface area (Å²) in [7, 11) is -2.02. The zero-order valence-electron chi connectivity index (χ0n) is 50.5. The van der Waals surface area contributed by atoms with Gasteiger partial charge in [0.05, 0.1) is 62.4 Å². The summed E-state index contributed by atoms with van der Waals surface area (Å²) in [5.74, 6) is -86.5. The van der Waals surface area contributed by atoms with E-state index in [9.17, 15) is 151 Å². The molecule has 6 atom stereocenters. The summed E-state index contributed by atoms with van der Waals surface area (Å²) < 4.78 is 431. The molecule has 96 heavy (non-hydrogen) atoms. The molecule has 0 aromatic heterocycles. The second kappa shape index (κ2) is 31.0. The fraction of sp³-hybridized carbons (Fsp3) is 0.607. The van der Waals surface area contributed by atoms with E-state index in [0.29, 0.717) is 45.4 Å². The number of anilines is 1. The molecule has 0 saturated carbocycles. The maximum Gasteiger partial charge on any atom is 0.460 e. The van der Waals surface area contributed by atoms with Gasteiger partial charge < -0.3 is 18.9 Å². The van der Waals surface area contributed by atoms with Gasteiger partial charge in [0.2, 0.25) is 5.82 Å². The van der Waals surface area contributed by atoms with Gasteiger partial charge in [-0.15, -0.1) is 0 Å². The molecule has 0 saturated heterocycles. The van der Waals surface area contributed by atoms with Crippen molar-refractivity contribution in [2.45, 2.75) is 163 Å². The zero-order valence-corrected chi connectivity index (χ0v) is 51.3. The van der Waals surface area contributed by atoms with Crippen LogP contribution in [0.15, 0.2) is 53.4 Å². The normalized spacial score (nSPS) is 15.7. The lowest BCUT2D eigenvalue weighted by atomic mass is 9.69. The number of esters is 4. The number of ether oxygens (including phenoxy) is 4. The third-order valence-electron chi connectivity index (χ3n) is 15.4. The highest BCUT2D eigenvalue weighted by atomic mass is 32.2. The molecule has 1 N–H and O–H groups in total. The van der Waals surface area contributed by atoms with E-state index >= 15 is 0 Å². The molecule has 40 heteroatoms. The van der Waals surface area contributed by atoms with Crippen LogP contribution < -0.4 is 4.72 Å². The number of aryl methyl sites for hydroxylation is 1. The van der Waals surface area contributed by atoms with Crippen LogP contribution in [0.25, 0.3) is 0 Å². The molecule has 548 valence electrons. The SMILES string of the molecule is CCC(CC(CC(C)c1ccc(C)cc1)C(=O)OC)C(=O)OC.CCC(CC(CC(C)c1ccc(S(=O)(=O)Nc2c(F)c(F)c(F)c(F)c2F)cc1)C(=O)OC)(CC(C(F)(F)F)C(F)(F)F)C(=O)OCCC(F)(F)C(F)(F)C(F)(F)C(F)(F)C(F)(F)C(F)(F)C(F)(F)C(F)(F)F. The first-order valence-corrected chi connectivity index (χ1v) is 28.7. The summed E-state index contributed by atoms with van der Waals surface area (Å²) in [6.45, 7) is 4.83. The number of hydrogen-bond donors (Lipinski definition) is 1. The molecule has 0 heterocycles. The molecule has 3 aromatic rings. The van der Waals surface area contributed by atoms with Crippen molar-refractivity contribution in [2.24, 2.45) is 29.1 Å². The van der Waals surface area contributed by atoms with Crippen LogP contribution in [0.3, 0.4) is 0 Å². The Hall–Kier alpha value is -6.67. The van der Waals surface area contributed by atoms with Crippen molar-refractivity contribution in [2.75, 3.05) is 32.7 Å². The van der Waals surface area contributed by atoms with Gasteiger partial charge in [0.25, 0.3) is 10.0 Å². The number of benzene rings is 3. The number of alkyl halides is 23. The minimum Gasteiger partial charge on any atom is -0.469 e. The van der Waals surface area contributed by atoms with Crippen LogP contribution in [0.2, 0.25) is 0 Å². The minimum absolute atomic E-state index is 0.217. The third-order valence-corrected chi connectivity index (χ3v) is 16.7. The van der Waals surface area contributed by atoms with Crippen LogP contribution in [0.5, 0.6) is 0 Å². The summed E-state index contributed by atoms with van der Waals surface area (Å²) in [5.41, 5.74) is -3.50. The van der Waals surface area contributed by atoms with E-state index in [-0.39, 0.29) is 35.3 Å². The summed E-state index contributed by atoms with van der Waals surface area (Å²) in [4.78, 5) is 49.3. The Bertz CT molecular complexity index is 3230. The first-order valence-electron chi connectivity index (χ1n) is 27.3. The topological polar surface area (TPSA) is 151 Å². The van der Waals surface area contributed by atoms with Crippen LogP contribution in [-0.4, -0.2) is 120 Å². The van der Waals surface area contributed by atoms with Crippen molar-refractivity contribution in [1.82, 2.24) is 0 Å². The van der Waals surface area contributed by atoms with Gasteiger partial charge in [-0.25, -0.2) is 30.4 Å². The number of hydrogen-bond acceptors (Lipinski definition) is 10. The molecule has 0 aliphatic heterocycles. The number of carbonyl (C=O) groups excluding carboxylic acids is 4. The number of rotatable bonds is 30. The van der Waals surface area contributed by atoms with E-state index in [1.165, 1.54) is 25.3 Å². The third kappa shape index (κ3) is 18.2. The van der Waals surface area contributed by atoms with Gasteiger partial charge in [0, 0.05) is 0 Å². The minimum atomic E-state index is -9.03. The Morgan fingerprint density at radius 3 is 1.23 bits per heavy atom. The van der Waals surface area contributed by atoms with Crippen LogP contribution in [0.4, 0.5) is 129 Å². The van der Waals surface area contributed by atoms with Crippen molar-refractivity contribution < 1.29 is 169 Å². The summed E-state index contributed by atoms with van der Waals surface area (Å²) in [6, 6.07) is 10.9. The van der Waals surface area contributed by atoms with Gasteiger partial charge in [0.1, 0.15) is 5.69 Å². The number of halogens is 28. The summed E-state index contributed by atoms with van der Waals surface area (Å²) in [5, 5.41) is 0. The molecule has 6 unspecified atom stereocenters. The molecule has 11 nitrogen and oxygen atoms in total. The maximum absolute atomic E-state index is 14.6. The molecule has 0 amide bonds. The van der Waals surface area contributed by atoms with Crippen molar-refractivity contribution in [1.29, 1.82) is 0 Å². The Labute approximate surface area is 526 Å². The predicted molar refractivity (Wildman–Crippen MR) is 276 cm³/mol. The lowest BCUT2D eigenvalue weighted by Gasteiger charge is -2.42. The van der Waals surface area contributed by atoms with Gasteiger partial charge >= 0.3 is 83.9 Å². The van der Waals surface area contributed by atoms with Gasteiger partial charge in [-0.1, -0.05) is 69.7 Å². The standard InChI is InChI=1S/C37H29F28NO6S.C19H28O4/c1-4-27(13-18(29(45,46)47)30(48,49)50,26(68)72-10-9-28(43,44)31(51,52)32(53,54)33(55,56)34(57,58)35(59,60)36(61,62)37(63,64)65)12-16(25(67)71-3)11-14(2)15-5-7-17(8-6-15)73(69,70)66-24-22(41)20(39)19(38)21(40)23(24)42;1-6-15(18(20)22-4)12-17(19(21)23-5)11-14(3)16-9-7-13(2)8-10-16/h5-8,14,16,18,66H,4,9-13H2,1-3H3;7-10,14-15,17H,6,11-12H2,1-5H3. The highest BCUT2D eigenvalue weighted by Gasteiger charge is 2.95. The van der Waals surface area contributed by atoms with E-state index in [1.807, 2.05) is 13.8 Å². The number of methoxy groups -OCH3 is 3. The first-order chi connectivity index (χ1) is 43.3. The van der Waals surface area contributed by atoms with E-state index in [1.54, 1.807) is 0 Å². The maximum atomic E-state index is 14.6. The summed E-state index contributed by atoms with van der Waals surface area (Å²) in [6.07, 6.45) is -29.6. The molecular formula is C56H57F28NO10S. The molecule has 0 aliphatic carbocycles. The molecule has 3 aromatic carbocycles. The summed E-state index contributed by atoms with van der Waals surface area (Å²) >= 11 is 0. The van der Waals surface area contributed by atoms with Gasteiger partial charge in [-0.3, -0.25) is 23.9 Å².